The van der Waals surface area contributed by atoms with Gasteiger partial charge in [-0.1, -0.05) is 12.6 Å². The number of aliphatic imine (C=N–C) groups is 1. The molecule has 2 rings (SSSR count). The lowest BCUT2D eigenvalue weighted by Crippen LogP contribution is -2.47. The van der Waals surface area contributed by atoms with Crippen LogP contribution >= 0.6 is 12.6 Å². The van der Waals surface area contributed by atoms with Gasteiger partial charge >= 0.3 is 6.30 Å². The zero-order chi connectivity index (χ0) is 12.1. The molecule has 4 nitrogen and oxygen atoms in total. The predicted molar refractivity (Wildman–Crippen MR) is 54.4 cm³/mol. The van der Waals surface area contributed by atoms with Gasteiger partial charge in [0.25, 0.3) is 0 Å². The molecule has 0 unspecified atom stereocenters. The molecule has 0 aromatic heterocycles. The first-order valence-corrected chi connectivity index (χ1v) is 4.79. The lowest BCUT2D eigenvalue weighted by molar-refractivity contribution is -0.250. The molecular formula is C8H8F3N4S. The Morgan fingerprint density at radius 2 is 2.00 bits per heavy atom. The van der Waals surface area contributed by atoms with Gasteiger partial charge in [0, 0.05) is 11.3 Å². The van der Waals surface area contributed by atoms with Gasteiger partial charge in [-0.2, -0.15) is 0 Å². The maximum Gasteiger partial charge on any atom is 0.500 e. The number of fused-ring (bicyclic) bond motifs is 1. The highest BCUT2D eigenvalue weighted by Gasteiger charge is 2.42. The number of hydrogen-bond acceptors (Lipinski definition) is 4. The molecule has 1 N–H and O–H groups in total. The van der Waals surface area contributed by atoms with E-state index in [-0.39, 0.29) is 10.8 Å². The van der Waals surface area contributed by atoms with Crippen molar-refractivity contribution in [1.82, 2.24) is 15.6 Å². The number of nitrogens with one attached hydrogen (secondary N) is 1. The summed E-state index contributed by atoms with van der Waals surface area (Å²) < 4.78 is 37.2. The topological polar surface area (TPSA) is 30.9 Å². The monoisotopic (exact) mass is 249 g/mol. The standard InChI is InChI=1S/C8H8F3N4S/c1-4-5(2)12-6-3-14(8(9,10)11)13-15(6)7(4)16/h3,13H,1-2H3. The number of alkyl halides is 3. The van der Waals surface area contributed by atoms with Gasteiger partial charge in [0.05, 0.1) is 6.20 Å². The highest BCUT2D eigenvalue weighted by molar-refractivity contribution is 7.84. The second-order valence-electron chi connectivity index (χ2n) is 3.39. The largest absolute Gasteiger partial charge is 0.500 e. The third kappa shape index (κ3) is 1.63. The molecule has 2 aliphatic heterocycles. The van der Waals surface area contributed by atoms with Gasteiger partial charge < -0.3 is 0 Å². The van der Waals surface area contributed by atoms with Gasteiger partial charge in [0.2, 0.25) is 0 Å². The van der Waals surface area contributed by atoms with Crippen molar-refractivity contribution < 1.29 is 13.2 Å². The second-order valence-corrected chi connectivity index (χ2v) is 3.77. The van der Waals surface area contributed by atoms with Crippen molar-refractivity contribution in [2.45, 2.75) is 20.1 Å². The molecule has 0 atom stereocenters. The minimum absolute atomic E-state index is 0.0179. The summed E-state index contributed by atoms with van der Waals surface area (Å²) >= 11 is 5.03. The normalized spacial score (nSPS) is 21.1. The Kier molecular flexibility index (Phi) is 2.35. The molecule has 1 radical (unpaired) electrons. The minimum Gasteiger partial charge on any atom is -0.233 e. The summed E-state index contributed by atoms with van der Waals surface area (Å²) in [6, 6.07) is 0. The Hall–Kier alpha value is -1.28. The maximum absolute atomic E-state index is 12.4. The van der Waals surface area contributed by atoms with E-state index in [2.05, 4.69) is 10.5 Å². The minimum atomic E-state index is -4.50. The first-order valence-electron chi connectivity index (χ1n) is 4.38. The van der Waals surface area contributed by atoms with Gasteiger partial charge in [0.15, 0.2) is 5.82 Å². The van der Waals surface area contributed by atoms with Crippen LogP contribution in [0.5, 0.6) is 0 Å². The van der Waals surface area contributed by atoms with Crippen molar-refractivity contribution in [2.75, 3.05) is 0 Å². The summed E-state index contributed by atoms with van der Waals surface area (Å²) in [7, 11) is 0. The molecular weight excluding hydrogens is 241 g/mol. The number of hydrazine groups is 2. The molecule has 16 heavy (non-hydrogen) atoms. The van der Waals surface area contributed by atoms with E-state index in [0.29, 0.717) is 16.3 Å². The van der Waals surface area contributed by atoms with E-state index in [0.717, 1.165) is 11.2 Å². The maximum atomic E-state index is 12.4. The number of rotatable bonds is 0. The van der Waals surface area contributed by atoms with E-state index in [1.54, 1.807) is 13.8 Å². The van der Waals surface area contributed by atoms with Crippen LogP contribution in [0, 0.1) is 0 Å². The molecule has 0 fully saturated rings. The van der Waals surface area contributed by atoms with Crippen molar-refractivity contribution in [1.29, 1.82) is 0 Å². The SMILES string of the molecule is CC1=NC2=CN(C(F)(F)F)NN2C([S])=C1C. The lowest BCUT2D eigenvalue weighted by atomic mass is 10.2. The molecule has 0 aromatic rings. The smallest absolute Gasteiger partial charge is 0.233 e. The molecule has 0 saturated carbocycles. The molecule has 0 aliphatic carbocycles. The molecule has 0 saturated heterocycles. The zero-order valence-electron chi connectivity index (χ0n) is 8.46. The molecule has 87 valence electrons. The number of hydrogen-bond donors (Lipinski definition) is 1. The van der Waals surface area contributed by atoms with Crippen molar-refractivity contribution in [3.8, 4) is 0 Å². The van der Waals surface area contributed by atoms with E-state index in [1.165, 1.54) is 0 Å². The van der Waals surface area contributed by atoms with Gasteiger partial charge in [-0.25, -0.2) is 15.0 Å². The fourth-order valence-electron chi connectivity index (χ4n) is 1.30. The van der Waals surface area contributed by atoms with Crippen LogP contribution in [0.25, 0.3) is 0 Å². The van der Waals surface area contributed by atoms with Crippen LogP contribution in [0.3, 0.4) is 0 Å². The van der Waals surface area contributed by atoms with Gasteiger partial charge in [-0.15, -0.1) is 18.7 Å². The molecule has 0 aromatic carbocycles. The second kappa shape index (κ2) is 3.36. The Morgan fingerprint density at radius 1 is 1.38 bits per heavy atom. The fraction of sp³-hybridized carbons (Fsp3) is 0.375. The van der Waals surface area contributed by atoms with E-state index >= 15 is 0 Å². The number of allylic oxidation sites excluding steroid dienone is 1. The molecule has 2 aliphatic rings. The van der Waals surface area contributed by atoms with Crippen molar-refractivity contribution in [3.05, 3.63) is 22.6 Å². The zero-order valence-corrected chi connectivity index (χ0v) is 9.28. The van der Waals surface area contributed by atoms with E-state index in [1.807, 2.05) is 0 Å². The molecule has 0 amide bonds. The molecule has 0 spiro atoms. The van der Waals surface area contributed by atoms with Gasteiger partial charge in [-0.05, 0) is 13.8 Å². The van der Waals surface area contributed by atoms with Crippen LogP contribution in [0.4, 0.5) is 13.2 Å². The van der Waals surface area contributed by atoms with Gasteiger partial charge in [0.1, 0.15) is 5.03 Å². The first kappa shape index (κ1) is 11.2. The summed E-state index contributed by atoms with van der Waals surface area (Å²) in [6.45, 7) is 3.42. The highest BCUT2D eigenvalue weighted by atomic mass is 32.1. The van der Waals surface area contributed by atoms with Crippen molar-refractivity contribution in [2.24, 2.45) is 4.99 Å². The molecule has 0 bridgehead atoms. The Morgan fingerprint density at radius 3 is 2.56 bits per heavy atom. The van der Waals surface area contributed by atoms with Crippen LogP contribution in [0.15, 0.2) is 27.6 Å². The van der Waals surface area contributed by atoms with Crippen LogP contribution in [-0.4, -0.2) is 22.0 Å². The van der Waals surface area contributed by atoms with Crippen LogP contribution in [0.1, 0.15) is 13.8 Å². The summed E-state index contributed by atoms with van der Waals surface area (Å²) in [5.74, 6) is 0.144. The third-order valence-corrected chi connectivity index (χ3v) is 2.79. The van der Waals surface area contributed by atoms with E-state index in [4.69, 9.17) is 12.6 Å². The Bertz CT molecular complexity index is 423. The molecule has 8 heteroatoms. The highest BCUT2D eigenvalue weighted by Crippen LogP contribution is 2.32. The average molecular weight is 249 g/mol. The Balaban J connectivity index is 2.36. The van der Waals surface area contributed by atoms with Crippen molar-refractivity contribution in [3.63, 3.8) is 0 Å². The third-order valence-electron chi connectivity index (χ3n) is 2.30. The summed E-state index contributed by atoms with van der Waals surface area (Å²) in [6.07, 6.45) is -3.64. The summed E-state index contributed by atoms with van der Waals surface area (Å²) in [4.78, 5) is 4.01. The van der Waals surface area contributed by atoms with Gasteiger partial charge in [-0.3, -0.25) is 0 Å². The summed E-state index contributed by atoms with van der Waals surface area (Å²) in [5.41, 5.74) is 3.42. The number of halogens is 3. The lowest BCUT2D eigenvalue weighted by Gasteiger charge is -2.27. The van der Waals surface area contributed by atoms with Crippen LogP contribution in [-0.2, 0) is 0 Å². The van der Waals surface area contributed by atoms with Crippen LogP contribution < -0.4 is 5.53 Å². The average Bonchev–Trinajstić information content (AvgIpc) is 2.57. The fourth-order valence-corrected chi connectivity index (χ4v) is 1.58. The summed E-state index contributed by atoms with van der Waals surface area (Å²) in [5, 5.41) is 1.44. The number of nitrogens with zero attached hydrogens (tertiary/aromatic N) is 3. The Labute approximate surface area is 95.5 Å². The van der Waals surface area contributed by atoms with Crippen molar-refractivity contribution >= 4 is 18.3 Å². The molecule has 2 heterocycles. The van der Waals surface area contributed by atoms with Crippen LogP contribution in [0.2, 0.25) is 0 Å². The first-order chi connectivity index (χ1) is 7.30. The van der Waals surface area contributed by atoms with E-state index < -0.39 is 6.30 Å². The quantitative estimate of drug-likeness (QED) is 0.668. The van der Waals surface area contributed by atoms with E-state index in [9.17, 15) is 13.2 Å². The predicted octanol–water partition coefficient (Wildman–Crippen LogP) is 2.25.